The zero-order valence-corrected chi connectivity index (χ0v) is 11.3. The largest absolute Gasteiger partial charge is 1.00 e. The van der Waals surface area contributed by atoms with Crippen molar-refractivity contribution < 1.29 is 18.9 Å². The van der Waals surface area contributed by atoms with Crippen molar-refractivity contribution in [2.24, 2.45) is 0 Å². The van der Waals surface area contributed by atoms with Crippen LogP contribution in [0.15, 0.2) is 0 Å². The molecule has 2 heteroatoms. The molecule has 0 aromatic carbocycles. The van der Waals surface area contributed by atoms with Gasteiger partial charge in [-0.05, 0) is 38.9 Å². The van der Waals surface area contributed by atoms with Crippen molar-refractivity contribution in [2.75, 3.05) is 19.6 Å². The summed E-state index contributed by atoms with van der Waals surface area (Å²) in [5.41, 5.74) is 0. The molecule has 0 saturated carbocycles. The summed E-state index contributed by atoms with van der Waals surface area (Å²) in [4.78, 5) is 2.67. The third kappa shape index (κ3) is 8.68. The average molecular weight is 217 g/mol. The molecule has 1 nitrogen and oxygen atoms in total. The van der Waals surface area contributed by atoms with E-state index in [9.17, 15) is 0 Å². The summed E-state index contributed by atoms with van der Waals surface area (Å²) in [5.74, 6) is 0. The van der Waals surface area contributed by atoms with E-state index in [0.717, 1.165) is 6.42 Å². The van der Waals surface area contributed by atoms with E-state index in [1.165, 1.54) is 77.4 Å². The van der Waals surface area contributed by atoms with Crippen LogP contribution in [0, 0.1) is 6.92 Å². The van der Waals surface area contributed by atoms with E-state index in [4.69, 9.17) is 0 Å². The van der Waals surface area contributed by atoms with Crippen LogP contribution in [0.25, 0.3) is 0 Å². The Labute approximate surface area is 115 Å². The van der Waals surface area contributed by atoms with Gasteiger partial charge in [0.15, 0.2) is 0 Å². The first kappa shape index (κ1) is 16.6. The van der Waals surface area contributed by atoms with Crippen LogP contribution in [0.3, 0.4) is 0 Å². The molecule has 0 N–H and O–H groups in total. The Morgan fingerprint density at radius 1 is 0.750 bits per heavy atom. The van der Waals surface area contributed by atoms with Crippen LogP contribution in [-0.2, 0) is 0 Å². The van der Waals surface area contributed by atoms with Crippen LogP contribution in [-0.4, -0.2) is 24.5 Å². The third-order valence-electron chi connectivity index (χ3n) is 3.42. The van der Waals surface area contributed by atoms with Crippen LogP contribution < -0.4 is 18.9 Å². The number of hydrogen-bond donors (Lipinski definition) is 0. The first-order chi connectivity index (χ1) is 7.43. The van der Waals surface area contributed by atoms with Gasteiger partial charge in [-0.25, -0.2) is 0 Å². The van der Waals surface area contributed by atoms with Crippen molar-refractivity contribution >= 4 is 0 Å². The molecule has 0 atom stereocenters. The summed E-state index contributed by atoms with van der Waals surface area (Å²) in [5, 5.41) is 0. The summed E-state index contributed by atoms with van der Waals surface area (Å²) in [6, 6.07) is 0. The predicted molar refractivity (Wildman–Crippen MR) is 68.0 cm³/mol. The zero-order valence-electron chi connectivity index (χ0n) is 11.3. The molecular formula is C14H28LiN. The van der Waals surface area contributed by atoms with E-state index in [-0.39, 0.29) is 18.9 Å². The Hall–Kier alpha value is 0.557. The van der Waals surface area contributed by atoms with E-state index < -0.39 is 0 Å². The SMILES string of the molecule is [CH2-]CCCCCCCN1CCCCCC1.[Li+]. The smallest absolute Gasteiger partial charge is 0.343 e. The van der Waals surface area contributed by atoms with E-state index >= 15 is 0 Å². The van der Waals surface area contributed by atoms with Gasteiger partial charge < -0.3 is 11.8 Å². The Balaban J connectivity index is 0.00000225. The topological polar surface area (TPSA) is 3.24 Å². The molecule has 1 fully saturated rings. The number of rotatable bonds is 7. The van der Waals surface area contributed by atoms with Gasteiger partial charge in [-0.15, -0.1) is 0 Å². The van der Waals surface area contributed by atoms with Gasteiger partial charge in [0.05, 0.1) is 0 Å². The van der Waals surface area contributed by atoms with Gasteiger partial charge in [-0.2, -0.15) is 6.42 Å². The Morgan fingerprint density at radius 3 is 1.94 bits per heavy atom. The summed E-state index contributed by atoms with van der Waals surface area (Å²) >= 11 is 0. The molecule has 1 aliphatic rings. The minimum absolute atomic E-state index is 0. The molecule has 0 bridgehead atoms. The monoisotopic (exact) mass is 217 g/mol. The van der Waals surface area contributed by atoms with Crippen LogP contribution in [0.2, 0.25) is 0 Å². The second-order valence-corrected chi connectivity index (χ2v) is 4.88. The van der Waals surface area contributed by atoms with Crippen molar-refractivity contribution in [3.63, 3.8) is 0 Å². The third-order valence-corrected chi connectivity index (χ3v) is 3.42. The second-order valence-electron chi connectivity index (χ2n) is 4.88. The van der Waals surface area contributed by atoms with E-state index in [2.05, 4.69) is 11.8 Å². The fourth-order valence-electron chi connectivity index (χ4n) is 2.40. The number of likely N-dealkylation sites (tertiary alicyclic amines) is 1. The van der Waals surface area contributed by atoms with Gasteiger partial charge in [0, 0.05) is 0 Å². The van der Waals surface area contributed by atoms with Gasteiger partial charge in [0.2, 0.25) is 0 Å². The van der Waals surface area contributed by atoms with Crippen LogP contribution in [0.4, 0.5) is 0 Å². The molecule has 90 valence electrons. The number of nitrogens with zero attached hydrogens (tertiary/aromatic N) is 1. The zero-order chi connectivity index (χ0) is 10.8. The molecule has 0 aromatic rings. The first-order valence-electron chi connectivity index (χ1n) is 6.95. The van der Waals surface area contributed by atoms with Crippen molar-refractivity contribution in [1.82, 2.24) is 4.90 Å². The van der Waals surface area contributed by atoms with E-state index in [1.807, 2.05) is 0 Å². The predicted octanol–water partition coefficient (Wildman–Crippen LogP) is 1.04. The molecule has 0 aromatic heterocycles. The summed E-state index contributed by atoms with van der Waals surface area (Å²) in [7, 11) is 0. The second kappa shape index (κ2) is 12.0. The van der Waals surface area contributed by atoms with Gasteiger partial charge in [0.1, 0.15) is 0 Å². The number of unbranched alkanes of at least 4 members (excludes halogenated alkanes) is 5. The molecule has 0 radical (unpaired) electrons. The van der Waals surface area contributed by atoms with Crippen molar-refractivity contribution in [2.45, 2.75) is 64.2 Å². The molecule has 1 heterocycles. The van der Waals surface area contributed by atoms with Crippen LogP contribution >= 0.6 is 0 Å². The normalized spacial score (nSPS) is 17.8. The summed E-state index contributed by atoms with van der Waals surface area (Å²) in [6.45, 7) is 7.95. The van der Waals surface area contributed by atoms with Gasteiger partial charge in [0.25, 0.3) is 0 Å². The van der Waals surface area contributed by atoms with Crippen molar-refractivity contribution in [3.8, 4) is 0 Å². The standard InChI is InChI=1S/C14H28N.Li/c1-2-3-4-5-6-9-12-15-13-10-7-8-11-14-15;/h1-14H2;/q-1;+1. The minimum atomic E-state index is 0. The molecule has 1 aliphatic heterocycles. The van der Waals surface area contributed by atoms with Crippen LogP contribution in [0.1, 0.15) is 64.2 Å². The maximum Gasteiger partial charge on any atom is 1.00 e. The Morgan fingerprint density at radius 2 is 1.31 bits per heavy atom. The molecule has 0 aliphatic carbocycles. The van der Waals surface area contributed by atoms with Gasteiger partial charge in [-0.3, -0.25) is 0 Å². The molecular weight excluding hydrogens is 189 g/mol. The summed E-state index contributed by atoms with van der Waals surface area (Å²) in [6.07, 6.45) is 13.9. The van der Waals surface area contributed by atoms with Crippen molar-refractivity contribution in [1.29, 1.82) is 0 Å². The van der Waals surface area contributed by atoms with Crippen molar-refractivity contribution in [3.05, 3.63) is 6.92 Å². The first-order valence-corrected chi connectivity index (χ1v) is 6.95. The Kier molecular flexibility index (Phi) is 12.4. The molecule has 0 spiro atoms. The number of hydrogen-bond acceptors (Lipinski definition) is 1. The molecule has 0 unspecified atom stereocenters. The van der Waals surface area contributed by atoms with Gasteiger partial charge >= 0.3 is 18.9 Å². The maximum absolute atomic E-state index is 3.88. The molecule has 0 amide bonds. The quantitative estimate of drug-likeness (QED) is 0.350. The van der Waals surface area contributed by atoms with Crippen LogP contribution in [0.5, 0.6) is 0 Å². The maximum atomic E-state index is 3.88. The van der Waals surface area contributed by atoms with Gasteiger partial charge in [-0.1, -0.05) is 38.5 Å². The fourth-order valence-corrected chi connectivity index (χ4v) is 2.40. The van der Waals surface area contributed by atoms with E-state index in [0.29, 0.717) is 0 Å². The molecule has 16 heavy (non-hydrogen) atoms. The molecule has 1 saturated heterocycles. The Bertz CT molecular complexity index is 131. The minimum Gasteiger partial charge on any atom is -0.343 e. The average Bonchev–Trinajstić information content (AvgIpc) is 2.52. The molecule has 1 rings (SSSR count). The summed E-state index contributed by atoms with van der Waals surface area (Å²) < 4.78 is 0. The van der Waals surface area contributed by atoms with E-state index in [1.54, 1.807) is 0 Å². The fraction of sp³-hybridized carbons (Fsp3) is 0.929.